The number of hydrogen-bond donors (Lipinski definition) is 2. The Labute approximate surface area is 81.4 Å². The zero-order chi connectivity index (χ0) is 9.97. The summed E-state index contributed by atoms with van der Waals surface area (Å²) in [5.74, 6) is 0.654. The molecular weight excluding hydrogens is 178 g/mol. The maximum absolute atomic E-state index is 5.99. The van der Waals surface area contributed by atoms with E-state index >= 15 is 0 Å². The van der Waals surface area contributed by atoms with Crippen molar-refractivity contribution in [3.05, 3.63) is 41.7 Å². The number of aromatic amines is 1. The molecule has 14 heavy (non-hydrogen) atoms. The average molecular weight is 189 g/mol. The zero-order valence-corrected chi connectivity index (χ0v) is 7.81. The molecule has 0 aliphatic rings. The van der Waals surface area contributed by atoms with Crippen molar-refractivity contribution in [1.82, 2.24) is 20.2 Å². The Morgan fingerprint density at radius 1 is 1.50 bits per heavy atom. The summed E-state index contributed by atoms with van der Waals surface area (Å²) in [6, 6.07) is 1.64. The van der Waals surface area contributed by atoms with Crippen molar-refractivity contribution in [3.63, 3.8) is 0 Å². The molecule has 0 bridgehead atoms. The van der Waals surface area contributed by atoms with E-state index in [1.807, 2.05) is 13.0 Å². The van der Waals surface area contributed by atoms with E-state index in [4.69, 9.17) is 5.73 Å². The van der Waals surface area contributed by atoms with E-state index in [1.165, 1.54) is 6.33 Å². The number of pyridine rings is 1. The van der Waals surface area contributed by atoms with Crippen LogP contribution in [0.2, 0.25) is 0 Å². The number of H-pyrrole nitrogens is 1. The smallest absolute Gasteiger partial charge is 0.145 e. The number of nitrogens with two attached hydrogens (primary N) is 1. The van der Waals surface area contributed by atoms with Crippen LogP contribution in [0.4, 0.5) is 0 Å². The second kappa shape index (κ2) is 3.55. The fourth-order valence-electron chi connectivity index (χ4n) is 1.31. The number of aryl methyl sites for hydroxylation is 1. The molecule has 2 heterocycles. The Balaban J connectivity index is 2.37. The van der Waals surface area contributed by atoms with Gasteiger partial charge in [-0.25, -0.2) is 4.98 Å². The van der Waals surface area contributed by atoms with Gasteiger partial charge in [0.1, 0.15) is 12.2 Å². The minimum Gasteiger partial charge on any atom is -0.318 e. The molecule has 0 spiro atoms. The van der Waals surface area contributed by atoms with Gasteiger partial charge in [0, 0.05) is 12.4 Å². The van der Waals surface area contributed by atoms with Gasteiger partial charge in [0.25, 0.3) is 0 Å². The lowest BCUT2D eigenvalue weighted by Gasteiger charge is -2.10. The quantitative estimate of drug-likeness (QED) is 0.723. The van der Waals surface area contributed by atoms with E-state index in [0.717, 1.165) is 11.1 Å². The molecule has 5 nitrogen and oxygen atoms in total. The highest BCUT2D eigenvalue weighted by atomic mass is 15.2. The predicted octanol–water partition coefficient (Wildman–Crippen LogP) is 0.556. The van der Waals surface area contributed by atoms with Gasteiger partial charge in [-0.05, 0) is 24.1 Å². The molecule has 5 heteroatoms. The largest absolute Gasteiger partial charge is 0.318 e. The highest BCUT2D eigenvalue weighted by Gasteiger charge is 2.13. The third kappa shape index (κ3) is 1.49. The highest BCUT2D eigenvalue weighted by molar-refractivity contribution is 5.28. The SMILES string of the molecule is Cc1ccncc1C(N)c1ncn[nH]1. The molecule has 0 fully saturated rings. The van der Waals surface area contributed by atoms with E-state index in [2.05, 4.69) is 20.2 Å². The van der Waals surface area contributed by atoms with Crippen LogP contribution in [0.3, 0.4) is 0 Å². The first-order valence-electron chi connectivity index (χ1n) is 4.30. The van der Waals surface area contributed by atoms with Crippen LogP contribution < -0.4 is 5.73 Å². The third-order valence-electron chi connectivity index (χ3n) is 2.14. The first kappa shape index (κ1) is 8.83. The van der Waals surface area contributed by atoms with Crippen molar-refractivity contribution in [2.75, 3.05) is 0 Å². The van der Waals surface area contributed by atoms with Gasteiger partial charge in [0.15, 0.2) is 0 Å². The molecule has 2 rings (SSSR count). The number of aromatic nitrogens is 4. The molecule has 0 saturated carbocycles. The van der Waals surface area contributed by atoms with Gasteiger partial charge in [-0.3, -0.25) is 10.1 Å². The maximum atomic E-state index is 5.99. The summed E-state index contributed by atoms with van der Waals surface area (Å²) < 4.78 is 0. The summed E-state index contributed by atoms with van der Waals surface area (Å²) >= 11 is 0. The fourth-order valence-corrected chi connectivity index (χ4v) is 1.31. The Morgan fingerprint density at radius 3 is 3.00 bits per heavy atom. The van der Waals surface area contributed by atoms with E-state index < -0.39 is 0 Å². The van der Waals surface area contributed by atoms with Crippen molar-refractivity contribution in [2.24, 2.45) is 5.73 Å². The first-order valence-corrected chi connectivity index (χ1v) is 4.30. The third-order valence-corrected chi connectivity index (χ3v) is 2.14. The summed E-state index contributed by atoms with van der Waals surface area (Å²) in [4.78, 5) is 8.05. The van der Waals surface area contributed by atoms with Crippen molar-refractivity contribution in [2.45, 2.75) is 13.0 Å². The minimum atomic E-state index is -0.286. The monoisotopic (exact) mass is 189 g/mol. The maximum Gasteiger partial charge on any atom is 0.145 e. The molecule has 72 valence electrons. The van der Waals surface area contributed by atoms with Gasteiger partial charge in [-0.2, -0.15) is 5.10 Å². The lowest BCUT2D eigenvalue weighted by atomic mass is 10.0. The summed E-state index contributed by atoms with van der Waals surface area (Å²) in [5.41, 5.74) is 8.05. The van der Waals surface area contributed by atoms with E-state index in [0.29, 0.717) is 5.82 Å². The lowest BCUT2D eigenvalue weighted by Crippen LogP contribution is -2.15. The molecule has 1 atom stereocenters. The number of nitrogens with zero attached hydrogens (tertiary/aromatic N) is 3. The van der Waals surface area contributed by atoms with E-state index in [-0.39, 0.29) is 6.04 Å². The number of nitrogens with one attached hydrogen (secondary N) is 1. The first-order chi connectivity index (χ1) is 6.79. The fraction of sp³-hybridized carbons (Fsp3) is 0.222. The van der Waals surface area contributed by atoms with Gasteiger partial charge in [-0.15, -0.1) is 0 Å². The van der Waals surface area contributed by atoms with Crippen LogP contribution in [-0.2, 0) is 0 Å². The van der Waals surface area contributed by atoms with Gasteiger partial charge < -0.3 is 5.73 Å². The van der Waals surface area contributed by atoms with Crippen molar-refractivity contribution in [1.29, 1.82) is 0 Å². The number of rotatable bonds is 2. The predicted molar refractivity (Wildman–Crippen MR) is 51.4 cm³/mol. The molecule has 1 unspecified atom stereocenters. The van der Waals surface area contributed by atoms with Crippen LogP contribution in [-0.4, -0.2) is 20.2 Å². The van der Waals surface area contributed by atoms with E-state index in [9.17, 15) is 0 Å². The van der Waals surface area contributed by atoms with Gasteiger partial charge in [0.05, 0.1) is 6.04 Å². The van der Waals surface area contributed by atoms with Crippen LogP contribution >= 0.6 is 0 Å². The molecule has 0 aromatic carbocycles. The Kier molecular flexibility index (Phi) is 2.24. The topological polar surface area (TPSA) is 80.5 Å². The molecule has 0 aliphatic heterocycles. The van der Waals surface area contributed by atoms with Crippen LogP contribution in [0, 0.1) is 6.92 Å². The molecule has 0 saturated heterocycles. The lowest BCUT2D eigenvalue weighted by molar-refractivity contribution is 0.776. The summed E-state index contributed by atoms with van der Waals surface area (Å²) in [5, 5.41) is 6.51. The van der Waals surface area contributed by atoms with Crippen molar-refractivity contribution < 1.29 is 0 Å². The molecule has 2 aromatic rings. The Bertz CT molecular complexity index is 409. The molecule has 0 radical (unpaired) electrons. The molecule has 3 N–H and O–H groups in total. The Hall–Kier alpha value is -1.75. The van der Waals surface area contributed by atoms with Gasteiger partial charge in [-0.1, -0.05) is 0 Å². The zero-order valence-electron chi connectivity index (χ0n) is 7.81. The number of hydrogen-bond acceptors (Lipinski definition) is 4. The standard InChI is InChI=1S/C9H11N5/c1-6-2-3-11-4-7(6)8(10)9-12-5-13-14-9/h2-5,8H,10H2,1H3,(H,12,13,14). The average Bonchev–Trinajstić information content (AvgIpc) is 2.70. The van der Waals surface area contributed by atoms with E-state index in [1.54, 1.807) is 12.4 Å². The molecule has 2 aromatic heterocycles. The summed E-state index contributed by atoms with van der Waals surface area (Å²) in [6.45, 7) is 1.99. The van der Waals surface area contributed by atoms with Gasteiger partial charge in [0.2, 0.25) is 0 Å². The van der Waals surface area contributed by atoms with Crippen LogP contribution in [0.25, 0.3) is 0 Å². The van der Waals surface area contributed by atoms with Crippen LogP contribution in [0.5, 0.6) is 0 Å². The van der Waals surface area contributed by atoms with Gasteiger partial charge >= 0.3 is 0 Å². The summed E-state index contributed by atoms with van der Waals surface area (Å²) in [7, 11) is 0. The molecule has 0 aliphatic carbocycles. The summed E-state index contributed by atoms with van der Waals surface area (Å²) in [6.07, 6.45) is 4.94. The second-order valence-electron chi connectivity index (χ2n) is 3.08. The molecular formula is C9H11N5. The van der Waals surface area contributed by atoms with Crippen LogP contribution in [0.15, 0.2) is 24.8 Å². The second-order valence-corrected chi connectivity index (χ2v) is 3.08. The normalized spacial score (nSPS) is 12.7. The van der Waals surface area contributed by atoms with Crippen molar-refractivity contribution in [3.8, 4) is 0 Å². The Morgan fingerprint density at radius 2 is 2.36 bits per heavy atom. The minimum absolute atomic E-state index is 0.286. The highest BCUT2D eigenvalue weighted by Crippen LogP contribution is 2.17. The van der Waals surface area contributed by atoms with Crippen LogP contribution in [0.1, 0.15) is 23.0 Å². The van der Waals surface area contributed by atoms with Crippen molar-refractivity contribution >= 4 is 0 Å². The molecule has 0 amide bonds.